The molecule has 0 bridgehead atoms. The summed E-state index contributed by atoms with van der Waals surface area (Å²) in [7, 11) is 1.34. The maximum Gasteiger partial charge on any atom is 0.309 e. The molecule has 0 aliphatic rings. The second-order valence-electron chi connectivity index (χ2n) is 4.71. The van der Waals surface area contributed by atoms with E-state index < -0.39 is 4.92 Å². The van der Waals surface area contributed by atoms with E-state index in [9.17, 15) is 14.9 Å². The number of nitro groups is 1. The molecule has 0 aliphatic heterocycles. The first-order chi connectivity index (χ1) is 10.5. The fraction of sp³-hybridized carbons (Fsp3) is 0.188. The Hall–Kier alpha value is -2.89. The van der Waals surface area contributed by atoms with E-state index in [2.05, 4.69) is 4.74 Å². The van der Waals surface area contributed by atoms with Gasteiger partial charge >= 0.3 is 5.97 Å². The van der Waals surface area contributed by atoms with Crippen molar-refractivity contribution < 1.29 is 19.2 Å². The molecule has 0 amide bonds. The molecule has 2 rings (SSSR count). The van der Waals surface area contributed by atoms with Crippen molar-refractivity contribution in [3.8, 4) is 11.5 Å². The van der Waals surface area contributed by atoms with E-state index in [1.807, 2.05) is 0 Å². The number of ether oxygens (including phenoxy) is 2. The van der Waals surface area contributed by atoms with Gasteiger partial charge in [-0.3, -0.25) is 14.9 Å². The minimum atomic E-state index is -0.446. The molecule has 6 heteroatoms. The van der Waals surface area contributed by atoms with Crippen molar-refractivity contribution in [1.82, 2.24) is 0 Å². The van der Waals surface area contributed by atoms with Crippen LogP contribution in [-0.4, -0.2) is 18.0 Å². The fourth-order valence-corrected chi connectivity index (χ4v) is 1.90. The molecule has 0 atom stereocenters. The number of carbonyl (C=O) groups excluding carboxylic acids is 1. The molecule has 0 spiro atoms. The smallest absolute Gasteiger partial charge is 0.309 e. The van der Waals surface area contributed by atoms with Crippen molar-refractivity contribution in [2.75, 3.05) is 7.11 Å². The van der Waals surface area contributed by atoms with Gasteiger partial charge in [-0.1, -0.05) is 12.1 Å². The van der Waals surface area contributed by atoms with Crippen molar-refractivity contribution in [1.29, 1.82) is 0 Å². The molecule has 0 aromatic heterocycles. The number of rotatable bonds is 5. The Morgan fingerprint density at radius 2 is 1.86 bits per heavy atom. The van der Waals surface area contributed by atoms with Gasteiger partial charge in [-0.25, -0.2) is 0 Å². The fourth-order valence-electron chi connectivity index (χ4n) is 1.90. The highest BCUT2D eigenvalue weighted by Gasteiger charge is 2.10. The predicted octanol–water partition coefficient (Wildman–Crippen LogP) is 3.41. The van der Waals surface area contributed by atoms with Crippen molar-refractivity contribution in [3.63, 3.8) is 0 Å². The lowest BCUT2D eigenvalue weighted by Crippen LogP contribution is -2.04. The molecular weight excluding hydrogens is 286 g/mol. The summed E-state index contributed by atoms with van der Waals surface area (Å²) in [6.45, 7) is 1.74. The van der Waals surface area contributed by atoms with Gasteiger partial charge in [0, 0.05) is 12.1 Å². The predicted molar refractivity (Wildman–Crippen MR) is 80.1 cm³/mol. The summed E-state index contributed by atoms with van der Waals surface area (Å²) >= 11 is 0. The van der Waals surface area contributed by atoms with Gasteiger partial charge < -0.3 is 9.47 Å². The third-order valence-corrected chi connectivity index (χ3v) is 3.10. The summed E-state index contributed by atoms with van der Waals surface area (Å²) in [6, 6.07) is 11.4. The minimum Gasteiger partial charge on any atom is -0.469 e. The van der Waals surface area contributed by atoms with Crippen molar-refractivity contribution in [2.45, 2.75) is 13.3 Å². The van der Waals surface area contributed by atoms with E-state index in [1.165, 1.54) is 19.2 Å². The first-order valence-corrected chi connectivity index (χ1v) is 6.58. The van der Waals surface area contributed by atoms with Crippen molar-refractivity contribution in [3.05, 3.63) is 63.7 Å². The maximum absolute atomic E-state index is 11.2. The Bertz CT molecular complexity index is 694. The van der Waals surface area contributed by atoms with Gasteiger partial charge in [0.2, 0.25) is 0 Å². The van der Waals surface area contributed by atoms with Gasteiger partial charge in [-0.15, -0.1) is 0 Å². The Labute approximate surface area is 127 Å². The van der Waals surface area contributed by atoms with Gasteiger partial charge in [0.25, 0.3) is 5.69 Å². The second-order valence-corrected chi connectivity index (χ2v) is 4.71. The molecule has 2 aromatic carbocycles. The van der Waals surface area contributed by atoms with Crippen molar-refractivity contribution in [2.24, 2.45) is 0 Å². The number of methoxy groups -OCH3 is 1. The average Bonchev–Trinajstić information content (AvgIpc) is 2.50. The third-order valence-electron chi connectivity index (χ3n) is 3.10. The lowest BCUT2D eigenvalue weighted by Gasteiger charge is -2.09. The molecule has 2 aromatic rings. The van der Waals surface area contributed by atoms with E-state index in [4.69, 9.17) is 4.74 Å². The van der Waals surface area contributed by atoms with Crippen LogP contribution in [0.1, 0.15) is 11.1 Å². The van der Waals surface area contributed by atoms with Crippen LogP contribution in [0.5, 0.6) is 11.5 Å². The molecule has 0 unspecified atom stereocenters. The number of hydrogen-bond donors (Lipinski definition) is 0. The standard InChI is InChI=1S/C16H15NO5/c1-11-9-13(17(19)20)5-8-15(11)22-14-6-3-12(4-7-14)10-16(18)21-2/h3-9H,10H2,1-2H3. The minimum absolute atomic E-state index is 0.0262. The van der Waals surface area contributed by atoms with Gasteiger partial charge in [0.15, 0.2) is 0 Å². The quantitative estimate of drug-likeness (QED) is 0.480. The molecule has 6 nitrogen and oxygen atoms in total. The summed E-state index contributed by atoms with van der Waals surface area (Å²) in [6.07, 6.45) is 0.202. The Morgan fingerprint density at radius 3 is 2.41 bits per heavy atom. The van der Waals surface area contributed by atoms with E-state index in [0.717, 1.165) is 5.56 Å². The number of aryl methyl sites for hydroxylation is 1. The van der Waals surface area contributed by atoms with Crippen molar-refractivity contribution >= 4 is 11.7 Å². The van der Waals surface area contributed by atoms with Crippen LogP contribution in [-0.2, 0) is 16.0 Å². The molecule has 22 heavy (non-hydrogen) atoms. The first kappa shape index (κ1) is 15.5. The molecule has 0 heterocycles. The first-order valence-electron chi connectivity index (χ1n) is 6.58. The molecule has 0 saturated carbocycles. The number of benzene rings is 2. The highest BCUT2D eigenvalue weighted by molar-refractivity contribution is 5.72. The SMILES string of the molecule is COC(=O)Cc1ccc(Oc2ccc([N+](=O)[O-])cc2C)cc1. The zero-order chi connectivity index (χ0) is 16.1. The number of hydrogen-bond acceptors (Lipinski definition) is 5. The zero-order valence-corrected chi connectivity index (χ0v) is 12.2. The number of nitro benzene ring substituents is 1. The van der Waals surface area contributed by atoms with Crippen LogP contribution in [0.15, 0.2) is 42.5 Å². The Morgan fingerprint density at radius 1 is 1.18 bits per heavy atom. The Balaban J connectivity index is 2.11. The number of esters is 1. The lowest BCUT2D eigenvalue weighted by atomic mass is 10.1. The Kier molecular flexibility index (Phi) is 4.73. The van der Waals surface area contributed by atoms with Crippen LogP contribution < -0.4 is 4.74 Å². The molecule has 0 fully saturated rings. The normalized spacial score (nSPS) is 10.1. The summed E-state index contributed by atoms with van der Waals surface area (Å²) in [5.41, 5.74) is 1.52. The topological polar surface area (TPSA) is 78.7 Å². The van der Waals surface area contributed by atoms with Gasteiger partial charge in [0.1, 0.15) is 11.5 Å². The highest BCUT2D eigenvalue weighted by atomic mass is 16.6. The number of non-ortho nitro benzene ring substituents is 1. The van der Waals surface area contributed by atoms with Crippen LogP contribution in [0.3, 0.4) is 0 Å². The van der Waals surface area contributed by atoms with Gasteiger partial charge in [0.05, 0.1) is 18.5 Å². The van der Waals surface area contributed by atoms with Crippen LogP contribution in [0.4, 0.5) is 5.69 Å². The zero-order valence-electron chi connectivity index (χ0n) is 12.2. The molecular formula is C16H15NO5. The van der Waals surface area contributed by atoms with Gasteiger partial charge in [-0.05, 0) is 36.2 Å². The summed E-state index contributed by atoms with van der Waals surface area (Å²) in [5, 5.41) is 10.7. The molecule has 0 radical (unpaired) electrons. The summed E-state index contributed by atoms with van der Waals surface area (Å²) in [5.74, 6) is 0.830. The van der Waals surface area contributed by atoms with E-state index in [1.54, 1.807) is 37.3 Å². The molecule has 114 valence electrons. The summed E-state index contributed by atoms with van der Waals surface area (Å²) < 4.78 is 10.3. The van der Waals surface area contributed by atoms with Crippen LogP contribution in [0.2, 0.25) is 0 Å². The molecule has 0 N–H and O–H groups in total. The summed E-state index contributed by atoms with van der Waals surface area (Å²) in [4.78, 5) is 21.4. The molecule has 0 aliphatic carbocycles. The van der Waals surface area contributed by atoms with Crippen LogP contribution in [0, 0.1) is 17.0 Å². The molecule has 0 saturated heterocycles. The maximum atomic E-state index is 11.2. The largest absolute Gasteiger partial charge is 0.469 e. The van der Waals surface area contributed by atoms with E-state index in [-0.39, 0.29) is 18.1 Å². The second kappa shape index (κ2) is 6.71. The lowest BCUT2D eigenvalue weighted by molar-refractivity contribution is -0.384. The van der Waals surface area contributed by atoms with Crippen LogP contribution >= 0.6 is 0 Å². The monoisotopic (exact) mass is 301 g/mol. The average molecular weight is 301 g/mol. The van der Waals surface area contributed by atoms with E-state index >= 15 is 0 Å². The highest BCUT2D eigenvalue weighted by Crippen LogP contribution is 2.28. The van der Waals surface area contributed by atoms with E-state index in [0.29, 0.717) is 17.1 Å². The number of nitrogens with zero attached hydrogens (tertiary/aromatic N) is 1. The van der Waals surface area contributed by atoms with Gasteiger partial charge in [-0.2, -0.15) is 0 Å². The number of carbonyl (C=O) groups is 1. The third kappa shape index (κ3) is 3.82. The van der Waals surface area contributed by atoms with Crippen LogP contribution in [0.25, 0.3) is 0 Å².